The average molecular weight is 389 g/mol. The highest BCUT2D eigenvalue weighted by atomic mass is 79.9. The van der Waals surface area contributed by atoms with Crippen LogP contribution in [0.15, 0.2) is 38.6 Å². The quantitative estimate of drug-likeness (QED) is 0.676. The van der Waals surface area contributed by atoms with Crippen molar-refractivity contribution in [1.29, 1.82) is 0 Å². The van der Waals surface area contributed by atoms with Gasteiger partial charge in [-0.2, -0.15) is 0 Å². The lowest BCUT2D eigenvalue weighted by molar-refractivity contribution is 0.897. The lowest BCUT2D eigenvalue weighted by Gasteiger charge is -2.17. The maximum absolute atomic E-state index is 3.59. The molecule has 1 heterocycles. The van der Waals surface area contributed by atoms with E-state index in [0.717, 1.165) is 10.9 Å². The van der Waals surface area contributed by atoms with Crippen LogP contribution < -0.4 is 5.32 Å². The summed E-state index contributed by atoms with van der Waals surface area (Å²) in [5, 5.41) is 5.70. The number of halogens is 2. The van der Waals surface area contributed by atoms with Crippen molar-refractivity contribution in [2.24, 2.45) is 0 Å². The highest BCUT2D eigenvalue weighted by Gasteiger charge is 2.12. The zero-order valence-corrected chi connectivity index (χ0v) is 14.3. The summed E-state index contributed by atoms with van der Waals surface area (Å²) in [6.07, 6.45) is 1.03. The predicted octanol–water partition coefficient (Wildman–Crippen LogP) is 6.01. The molecule has 0 aliphatic carbocycles. The molecule has 1 nitrogen and oxygen atoms in total. The van der Waals surface area contributed by atoms with Crippen molar-refractivity contribution in [2.75, 3.05) is 5.32 Å². The normalized spacial score (nSPS) is 12.4. The molecule has 18 heavy (non-hydrogen) atoms. The molecule has 0 saturated heterocycles. The predicted molar refractivity (Wildman–Crippen MR) is 87.6 cm³/mol. The van der Waals surface area contributed by atoms with Gasteiger partial charge in [0.25, 0.3) is 0 Å². The molecular weight excluding hydrogens is 374 g/mol. The van der Waals surface area contributed by atoms with Gasteiger partial charge in [0, 0.05) is 19.5 Å². The van der Waals surface area contributed by atoms with E-state index in [9.17, 15) is 0 Å². The fourth-order valence-corrected chi connectivity index (χ4v) is 4.04. The first kappa shape index (κ1) is 14.1. The molecule has 2 rings (SSSR count). The van der Waals surface area contributed by atoms with Crippen LogP contribution in [0.25, 0.3) is 0 Å². The van der Waals surface area contributed by atoms with Crippen molar-refractivity contribution in [3.63, 3.8) is 0 Å². The molecule has 2 aromatic rings. The largest absolute Gasteiger partial charge is 0.377 e. The van der Waals surface area contributed by atoms with Gasteiger partial charge in [-0.1, -0.05) is 22.9 Å². The summed E-state index contributed by atoms with van der Waals surface area (Å²) in [4.78, 5) is 1.33. The van der Waals surface area contributed by atoms with E-state index in [1.807, 2.05) is 0 Å². The van der Waals surface area contributed by atoms with E-state index in [-0.39, 0.29) is 0 Å². The maximum Gasteiger partial charge on any atom is 0.0589 e. The molecule has 1 unspecified atom stereocenters. The molecule has 0 radical (unpaired) electrons. The monoisotopic (exact) mass is 387 g/mol. The number of anilines is 1. The van der Waals surface area contributed by atoms with E-state index in [0.29, 0.717) is 6.04 Å². The van der Waals surface area contributed by atoms with E-state index < -0.39 is 0 Å². The number of benzene rings is 1. The van der Waals surface area contributed by atoms with Crippen LogP contribution in [-0.2, 0) is 6.42 Å². The molecule has 1 atom stereocenters. The summed E-state index contributed by atoms with van der Waals surface area (Å²) in [6.45, 7) is 4.37. The summed E-state index contributed by atoms with van der Waals surface area (Å²) < 4.78 is 2.32. The van der Waals surface area contributed by atoms with E-state index in [4.69, 9.17) is 0 Å². The van der Waals surface area contributed by atoms with Crippen LogP contribution in [0.4, 0.5) is 5.69 Å². The Morgan fingerprint density at radius 2 is 2.06 bits per heavy atom. The molecular formula is C14H15Br2NS. The van der Waals surface area contributed by atoms with Gasteiger partial charge in [0.05, 0.1) is 6.04 Å². The molecule has 0 bridgehead atoms. The topological polar surface area (TPSA) is 12.0 Å². The molecule has 0 saturated carbocycles. The molecule has 0 spiro atoms. The van der Waals surface area contributed by atoms with Gasteiger partial charge in [-0.3, -0.25) is 0 Å². The van der Waals surface area contributed by atoms with Crippen molar-refractivity contribution >= 4 is 48.9 Å². The highest BCUT2D eigenvalue weighted by Crippen LogP contribution is 2.32. The van der Waals surface area contributed by atoms with Gasteiger partial charge in [-0.05, 0) is 64.5 Å². The first-order valence-corrected chi connectivity index (χ1v) is 8.36. The van der Waals surface area contributed by atoms with Gasteiger partial charge in [0.2, 0.25) is 0 Å². The summed E-state index contributed by atoms with van der Waals surface area (Å²) in [5.41, 5.74) is 2.55. The molecule has 1 aromatic carbocycles. The zero-order valence-electron chi connectivity index (χ0n) is 10.3. The van der Waals surface area contributed by atoms with Crippen molar-refractivity contribution in [3.05, 3.63) is 49.0 Å². The minimum atomic E-state index is 0.311. The lowest BCUT2D eigenvalue weighted by Crippen LogP contribution is -2.07. The van der Waals surface area contributed by atoms with Gasteiger partial charge in [-0.25, -0.2) is 0 Å². The molecule has 0 aliphatic heterocycles. The fraction of sp³-hybridized carbons (Fsp3) is 0.286. The van der Waals surface area contributed by atoms with Gasteiger partial charge >= 0.3 is 0 Å². The van der Waals surface area contributed by atoms with Crippen molar-refractivity contribution in [1.82, 2.24) is 0 Å². The summed E-state index contributed by atoms with van der Waals surface area (Å²) in [6, 6.07) is 8.81. The third-order valence-electron chi connectivity index (χ3n) is 2.86. The van der Waals surface area contributed by atoms with Gasteiger partial charge in [0.15, 0.2) is 0 Å². The Morgan fingerprint density at radius 1 is 1.28 bits per heavy atom. The second-order valence-corrected chi connectivity index (χ2v) is 6.87. The Morgan fingerprint density at radius 3 is 2.67 bits per heavy atom. The van der Waals surface area contributed by atoms with Crippen molar-refractivity contribution in [3.8, 4) is 0 Å². The van der Waals surface area contributed by atoms with E-state index >= 15 is 0 Å². The third kappa shape index (κ3) is 3.16. The summed E-state index contributed by atoms with van der Waals surface area (Å²) in [7, 11) is 0. The lowest BCUT2D eigenvalue weighted by atomic mass is 10.1. The number of thiophene rings is 1. The van der Waals surface area contributed by atoms with E-state index in [1.165, 1.54) is 20.6 Å². The first-order valence-electron chi connectivity index (χ1n) is 5.89. The minimum absolute atomic E-state index is 0.311. The van der Waals surface area contributed by atoms with Gasteiger partial charge in [0.1, 0.15) is 0 Å². The second-order valence-electron chi connectivity index (χ2n) is 4.15. The van der Waals surface area contributed by atoms with Crippen LogP contribution in [0.1, 0.15) is 30.3 Å². The first-order chi connectivity index (χ1) is 8.61. The van der Waals surface area contributed by atoms with Crippen LogP contribution in [0.5, 0.6) is 0 Å². The number of aryl methyl sites for hydroxylation is 1. The van der Waals surface area contributed by atoms with Crippen LogP contribution in [-0.4, -0.2) is 0 Å². The molecule has 0 amide bonds. The van der Waals surface area contributed by atoms with Crippen LogP contribution in [0.3, 0.4) is 0 Å². The highest BCUT2D eigenvalue weighted by molar-refractivity contribution is 9.10. The molecule has 1 aromatic heterocycles. The third-order valence-corrected chi connectivity index (χ3v) is 5.41. The second kappa shape index (κ2) is 6.22. The molecule has 0 aliphatic rings. The molecule has 0 fully saturated rings. The summed E-state index contributed by atoms with van der Waals surface area (Å²) in [5.74, 6) is 0. The Labute approximate surface area is 129 Å². The Kier molecular flexibility index (Phi) is 4.87. The standard InChI is InChI=1S/C14H15Br2NS/c1-3-10-8-11(15)4-5-13(10)17-9(2)14-12(16)6-7-18-14/h4-9,17H,3H2,1-2H3. The van der Waals surface area contributed by atoms with Crippen LogP contribution in [0.2, 0.25) is 0 Å². The SMILES string of the molecule is CCc1cc(Br)ccc1NC(C)c1sccc1Br. The number of rotatable bonds is 4. The van der Waals surface area contributed by atoms with E-state index in [2.05, 4.69) is 80.7 Å². The zero-order chi connectivity index (χ0) is 13.1. The molecule has 1 N–H and O–H groups in total. The number of nitrogens with one attached hydrogen (secondary N) is 1. The van der Waals surface area contributed by atoms with Gasteiger partial charge in [-0.15, -0.1) is 11.3 Å². The maximum atomic E-state index is 3.59. The van der Waals surface area contributed by atoms with Crippen molar-refractivity contribution < 1.29 is 0 Å². The van der Waals surface area contributed by atoms with Crippen LogP contribution >= 0.6 is 43.2 Å². The smallest absolute Gasteiger partial charge is 0.0589 e. The average Bonchev–Trinajstić information content (AvgIpc) is 2.77. The Balaban J connectivity index is 2.21. The Bertz CT molecular complexity index is 536. The van der Waals surface area contributed by atoms with E-state index in [1.54, 1.807) is 11.3 Å². The van der Waals surface area contributed by atoms with Gasteiger partial charge < -0.3 is 5.32 Å². The minimum Gasteiger partial charge on any atom is -0.377 e. The Hall–Kier alpha value is -0.320. The number of hydrogen-bond donors (Lipinski definition) is 1. The van der Waals surface area contributed by atoms with Crippen LogP contribution in [0, 0.1) is 0 Å². The molecule has 96 valence electrons. The molecule has 4 heteroatoms. The fourth-order valence-electron chi connectivity index (χ4n) is 1.91. The number of hydrogen-bond acceptors (Lipinski definition) is 2. The summed E-state index contributed by atoms with van der Waals surface area (Å²) >= 11 is 8.89. The van der Waals surface area contributed by atoms with Crippen molar-refractivity contribution in [2.45, 2.75) is 26.3 Å².